The van der Waals surface area contributed by atoms with Gasteiger partial charge in [-0.3, -0.25) is 0 Å². The van der Waals surface area contributed by atoms with Gasteiger partial charge in [-0.25, -0.2) is 9.97 Å². The van der Waals surface area contributed by atoms with Crippen LogP contribution in [-0.4, -0.2) is 9.97 Å². The summed E-state index contributed by atoms with van der Waals surface area (Å²) in [7, 11) is 0. The predicted octanol–water partition coefficient (Wildman–Crippen LogP) is 3.46. The molecular weight excluding hydrogens is 381 g/mol. The fourth-order valence-electron chi connectivity index (χ4n) is 1.26. The summed E-state index contributed by atoms with van der Waals surface area (Å²) < 4.78 is 2.12. The number of anilines is 1. The third-order valence-corrected chi connectivity index (χ3v) is 3.63. The van der Waals surface area contributed by atoms with Crippen LogP contribution in [0.25, 0.3) is 0 Å². The summed E-state index contributed by atoms with van der Waals surface area (Å²) in [5, 5.41) is 3.28. The van der Waals surface area contributed by atoms with Gasteiger partial charge in [-0.05, 0) is 34.2 Å². The lowest BCUT2D eigenvalue weighted by atomic mass is 10.2. The maximum Gasteiger partial charge on any atom is 0.143 e. The first-order chi connectivity index (χ1) is 7.77. The lowest BCUT2D eigenvalue weighted by molar-refractivity contribution is 1.06. The zero-order chi connectivity index (χ0) is 11.4. The first-order valence-electron chi connectivity index (χ1n) is 4.70. The van der Waals surface area contributed by atoms with Crippen molar-refractivity contribution in [3.8, 4) is 0 Å². The molecule has 1 heterocycles. The van der Waals surface area contributed by atoms with E-state index >= 15 is 0 Å². The second-order valence-electron chi connectivity index (χ2n) is 3.16. The van der Waals surface area contributed by atoms with E-state index in [-0.39, 0.29) is 0 Å². The zero-order valence-electron chi connectivity index (χ0n) is 8.32. The minimum Gasteiger partial charge on any atom is -0.365 e. The molecule has 0 aliphatic carbocycles. The normalized spacial score (nSPS) is 10.1. The van der Waals surface area contributed by atoms with E-state index in [1.807, 2.05) is 18.2 Å². The van der Waals surface area contributed by atoms with Gasteiger partial charge in [0.05, 0.1) is 3.57 Å². The van der Waals surface area contributed by atoms with Crippen molar-refractivity contribution in [3.05, 3.63) is 50.4 Å². The van der Waals surface area contributed by atoms with Gasteiger partial charge >= 0.3 is 0 Å². The SMILES string of the molecule is Brc1ccccc1CNc1ncncc1I. The Hall–Kier alpha value is -0.690. The van der Waals surface area contributed by atoms with Gasteiger partial charge in [-0.15, -0.1) is 0 Å². The van der Waals surface area contributed by atoms with Gasteiger partial charge in [0, 0.05) is 17.2 Å². The summed E-state index contributed by atoms with van der Waals surface area (Å²) >= 11 is 5.73. The van der Waals surface area contributed by atoms with E-state index < -0.39 is 0 Å². The van der Waals surface area contributed by atoms with E-state index in [1.165, 1.54) is 5.56 Å². The molecule has 1 aromatic carbocycles. The number of rotatable bonds is 3. The highest BCUT2D eigenvalue weighted by Crippen LogP contribution is 2.18. The van der Waals surface area contributed by atoms with E-state index in [1.54, 1.807) is 12.5 Å². The molecule has 0 aliphatic rings. The van der Waals surface area contributed by atoms with Crippen LogP contribution >= 0.6 is 38.5 Å². The van der Waals surface area contributed by atoms with E-state index in [0.29, 0.717) is 0 Å². The first kappa shape index (κ1) is 11.8. The van der Waals surface area contributed by atoms with Crippen molar-refractivity contribution < 1.29 is 0 Å². The lowest BCUT2D eigenvalue weighted by Crippen LogP contribution is -2.03. The monoisotopic (exact) mass is 389 g/mol. The maximum atomic E-state index is 4.18. The summed E-state index contributed by atoms with van der Waals surface area (Å²) in [5.74, 6) is 0.867. The van der Waals surface area contributed by atoms with Crippen molar-refractivity contribution in [1.29, 1.82) is 0 Å². The van der Waals surface area contributed by atoms with Crippen molar-refractivity contribution in [3.63, 3.8) is 0 Å². The largest absolute Gasteiger partial charge is 0.365 e. The summed E-state index contributed by atoms with van der Waals surface area (Å²) in [5.41, 5.74) is 1.21. The smallest absolute Gasteiger partial charge is 0.143 e. The van der Waals surface area contributed by atoms with Gasteiger partial charge in [0.1, 0.15) is 12.1 Å². The molecule has 0 saturated heterocycles. The van der Waals surface area contributed by atoms with Crippen LogP contribution in [0.1, 0.15) is 5.56 Å². The third kappa shape index (κ3) is 2.91. The van der Waals surface area contributed by atoms with E-state index in [2.05, 4.69) is 59.9 Å². The Kier molecular flexibility index (Phi) is 4.11. The number of hydrogen-bond donors (Lipinski definition) is 1. The molecule has 2 rings (SSSR count). The molecular formula is C11H9BrIN3. The average Bonchev–Trinajstić information content (AvgIpc) is 2.30. The molecule has 82 valence electrons. The van der Waals surface area contributed by atoms with E-state index in [9.17, 15) is 0 Å². The van der Waals surface area contributed by atoms with Gasteiger partial charge < -0.3 is 5.32 Å². The lowest BCUT2D eigenvalue weighted by Gasteiger charge is -2.08. The average molecular weight is 390 g/mol. The predicted molar refractivity (Wildman–Crippen MR) is 76.2 cm³/mol. The molecule has 16 heavy (non-hydrogen) atoms. The van der Waals surface area contributed by atoms with Crippen LogP contribution in [0, 0.1) is 3.57 Å². The van der Waals surface area contributed by atoms with Crippen molar-refractivity contribution in [2.75, 3.05) is 5.32 Å². The quantitative estimate of drug-likeness (QED) is 0.817. The molecule has 0 spiro atoms. The first-order valence-corrected chi connectivity index (χ1v) is 6.57. The molecule has 0 saturated carbocycles. The second-order valence-corrected chi connectivity index (χ2v) is 5.18. The standard InChI is InChI=1S/C11H9BrIN3/c12-9-4-2-1-3-8(9)5-15-11-10(13)6-14-7-16-11/h1-4,6-7H,5H2,(H,14,15,16). The molecule has 0 atom stereocenters. The van der Waals surface area contributed by atoms with Crippen molar-refractivity contribution in [2.45, 2.75) is 6.54 Å². The Morgan fingerprint density at radius 1 is 1.31 bits per heavy atom. The Labute approximate surface area is 116 Å². The Bertz CT molecular complexity index is 445. The van der Waals surface area contributed by atoms with Gasteiger partial charge in [0.2, 0.25) is 0 Å². The molecule has 2 aromatic rings. The van der Waals surface area contributed by atoms with Crippen LogP contribution in [0.15, 0.2) is 41.3 Å². The number of nitrogens with zero attached hydrogens (tertiary/aromatic N) is 2. The number of benzene rings is 1. The fraction of sp³-hybridized carbons (Fsp3) is 0.0909. The van der Waals surface area contributed by atoms with Gasteiger partial charge in [-0.1, -0.05) is 34.1 Å². The maximum absolute atomic E-state index is 4.18. The van der Waals surface area contributed by atoms with E-state index in [4.69, 9.17) is 0 Å². The highest BCUT2D eigenvalue weighted by Gasteiger charge is 2.02. The number of nitrogens with one attached hydrogen (secondary N) is 1. The highest BCUT2D eigenvalue weighted by molar-refractivity contribution is 14.1. The Balaban J connectivity index is 2.09. The van der Waals surface area contributed by atoms with Gasteiger partial charge in [0.25, 0.3) is 0 Å². The molecule has 0 radical (unpaired) electrons. The van der Waals surface area contributed by atoms with Crippen LogP contribution < -0.4 is 5.32 Å². The third-order valence-electron chi connectivity index (χ3n) is 2.07. The van der Waals surface area contributed by atoms with Crippen molar-refractivity contribution in [2.24, 2.45) is 0 Å². The van der Waals surface area contributed by atoms with Crippen LogP contribution in [0.4, 0.5) is 5.82 Å². The van der Waals surface area contributed by atoms with Crippen molar-refractivity contribution >= 4 is 44.3 Å². The molecule has 5 heteroatoms. The summed E-state index contributed by atoms with van der Waals surface area (Å²) in [4.78, 5) is 8.13. The molecule has 3 nitrogen and oxygen atoms in total. The van der Waals surface area contributed by atoms with Crippen molar-refractivity contribution in [1.82, 2.24) is 9.97 Å². The summed E-state index contributed by atoms with van der Waals surface area (Å²) in [6.07, 6.45) is 3.33. The number of aromatic nitrogens is 2. The topological polar surface area (TPSA) is 37.8 Å². The minimum atomic E-state index is 0.744. The van der Waals surface area contributed by atoms with Crippen LogP contribution in [0.2, 0.25) is 0 Å². The van der Waals surface area contributed by atoms with Crippen LogP contribution in [-0.2, 0) is 6.54 Å². The van der Waals surface area contributed by atoms with Crippen LogP contribution in [0.3, 0.4) is 0 Å². The summed E-state index contributed by atoms with van der Waals surface area (Å²) in [6.45, 7) is 0.744. The van der Waals surface area contributed by atoms with E-state index in [0.717, 1.165) is 20.4 Å². The minimum absolute atomic E-state index is 0.744. The molecule has 0 fully saturated rings. The van der Waals surface area contributed by atoms with Crippen LogP contribution in [0.5, 0.6) is 0 Å². The Morgan fingerprint density at radius 3 is 2.88 bits per heavy atom. The fourth-order valence-corrected chi connectivity index (χ4v) is 2.18. The molecule has 1 aromatic heterocycles. The highest BCUT2D eigenvalue weighted by atomic mass is 127. The van der Waals surface area contributed by atoms with Gasteiger partial charge in [-0.2, -0.15) is 0 Å². The molecule has 0 unspecified atom stereocenters. The summed E-state index contributed by atoms with van der Waals surface area (Å²) in [6, 6.07) is 8.13. The second kappa shape index (κ2) is 5.58. The number of halogens is 2. The van der Waals surface area contributed by atoms with Gasteiger partial charge in [0.15, 0.2) is 0 Å². The molecule has 0 bridgehead atoms. The Morgan fingerprint density at radius 2 is 2.12 bits per heavy atom. The zero-order valence-corrected chi connectivity index (χ0v) is 12.1. The number of hydrogen-bond acceptors (Lipinski definition) is 3. The molecule has 1 N–H and O–H groups in total. The molecule has 0 amide bonds. The molecule has 0 aliphatic heterocycles.